The Morgan fingerprint density at radius 3 is 2.64 bits per heavy atom. The minimum absolute atomic E-state index is 0.128. The minimum atomic E-state index is -1.39. The van der Waals surface area contributed by atoms with Crippen LogP contribution in [0, 0.1) is 0 Å². The van der Waals surface area contributed by atoms with Crippen LogP contribution in [0.1, 0.15) is 12.5 Å². The second-order valence-electron chi connectivity index (χ2n) is 5.95. The van der Waals surface area contributed by atoms with E-state index in [1.807, 2.05) is 30.3 Å². The van der Waals surface area contributed by atoms with Crippen molar-refractivity contribution >= 4 is 28.6 Å². The highest BCUT2D eigenvalue weighted by molar-refractivity contribution is 7.86. The van der Waals surface area contributed by atoms with Crippen LogP contribution in [0.15, 0.2) is 41.6 Å². The number of β-lactam (4-membered cyclic amide) rings is 1. The molecular weight excluding hydrogens is 344 g/mol. The summed E-state index contributed by atoms with van der Waals surface area (Å²) in [5.74, 6) is -1.24. The normalized spacial score (nSPS) is 25.1. The van der Waals surface area contributed by atoms with Crippen LogP contribution >= 0.6 is 0 Å². The van der Waals surface area contributed by atoms with Gasteiger partial charge in [0.25, 0.3) is 5.91 Å². The summed E-state index contributed by atoms with van der Waals surface area (Å²) < 4.78 is 17.1. The van der Waals surface area contributed by atoms with Crippen molar-refractivity contribution in [3.8, 4) is 0 Å². The Kier molecular flexibility index (Phi) is 4.71. The molecule has 1 saturated heterocycles. The Bertz CT molecular complexity index is 789. The largest absolute Gasteiger partial charge is 0.464 e. The zero-order chi connectivity index (χ0) is 18.1. The number of fused-ring (bicyclic) bond motifs is 1. The van der Waals surface area contributed by atoms with Crippen LogP contribution in [-0.4, -0.2) is 51.2 Å². The molecular formula is C17H18N2O5S. The summed E-state index contributed by atoms with van der Waals surface area (Å²) in [4.78, 5) is 37.8. The molecule has 3 atom stereocenters. The standard InChI is InChI=1S/C17H18N2O5S/c1-10-9-25(23)16-13(15(21)19(16)14(10)17(22)24-2)18-12(20)8-11-6-4-3-5-7-11/h3-7,13,16H,8-9H2,1-2H3,(H,18,20)/t13?,16-,25?/m1/s1. The summed E-state index contributed by atoms with van der Waals surface area (Å²) >= 11 is 0. The van der Waals surface area contributed by atoms with Gasteiger partial charge in [-0.15, -0.1) is 0 Å². The third kappa shape index (κ3) is 3.09. The lowest BCUT2D eigenvalue weighted by Crippen LogP contribution is -2.73. The molecule has 0 spiro atoms. The molecule has 2 unspecified atom stereocenters. The van der Waals surface area contributed by atoms with Crippen molar-refractivity contribution in [2.75, 3.05) is 12.9 Å². The van der Waals surface area contributed by atoms with E-state index < -0.39 is 34.1 Å². The lowest BCUT2D eigenvalue weighted by molar-refractivity contribution is -0.152. The maximum Gasteiger partial charge on any atom is 0.354 e. The number of ether oxygens (including phenoxy) is 1. The number of nitrogens with zero attached hydrogens (tertiary/aromatic N) is 1. The van der Waals surface area contributed by atoms with Gasteiger partial charge >= 0.3 is 5.97 Å². The fourth-order valence-electron chi connectivity index (χ4n) is 3.05. The van der Waals surface area contributed by atoms with Gasteiger partial charge in [0, 0.05) is 5.75 Å². The second kappa shape index (κ2) is 6.79. The molecule has 1 aromatic rings. The zero-order valence-electron chi connectivity index (χ0n) is 13.9. The van der Waals surface area contributed by atoms with E-state index in [1.54, 1.807) is 6.92 Å². The Hall–Kier alpha value is -2.48. The van der Waals surface area contributed by atoms with Crippen LogP contribution in [0.25, 0.3) is 0 Å². The van der Waals surface area contributed by atoms with Gasteiger partial charge in [0.2, 0.25) is 5.91 Å². The monoisotopic (exact) mass is 362 g/mol. The van der Waals surface area contributed by atoms with Crippen molar-refractivity contribution in [3.05, 3.63) is 47.2 Å². The van der Waals surface area contributed by atoms with Gasteiger partial charge in [0.15, 0.2) is 0 Å². The van der Waals surface area contributed by atoms with Gasteiger partial charge in [0.1, 0.15) is 17.1 Å². The average Bonchev–Trinajstić information content (AvgIpc) is 2.59. The number of hydrogen-bond donors (Lipinski definition) is 1. The number of hydrogen-bond acceptors (Lipinski definition) is 5. The number of nitrogens with one attached hydrogen (secondary N) is 1. The predicted octanol–water partition coefficient (Wildman–Crippen LogP) is 0.0915. The maximum atomic E-state index is 12.4. The fourth-order valence-corrected chi connectivity index (χ4v) is 4.72. The van der Waals surface area contributed by atoms with Gasteiger partial charge < -0.3 is 10.1 Å². The molecule has 0 saturated carbocycles. The number of rotatable bonds is 4. The Morgan fingerprint density at radius 2 is 2.00 bits per heavy atom. The molecule has 3 rings (SSSR count). The minimum Gasteiger partial charge on any atom is -0.464 e. The third-order valence-corrected chi connectivity index (χ3v) is 5.96. The summed E-state index contributed by atoms with van der Waals surface area (Å²) in [6.45, 7) is 1.65. The number of benzene rings is 1. The predicted molar refractivity (Wildman–Crippen MR) is 90.4 cm³/mol. The van der Waals surface area contributed by atoms with E-state index >= 15 is 0 Å². The maximum absolute atomic E-state index is 12.4. The first-order valence-electron chi connectivity index (χ1n) is 7.75. The van der Waals surface area contributed by atoms with Gasteiger partial charge in [-0.2, -0.15) is 0 Å². The molecule has 8 heteroatoms. The van der Waals surface area contributed by atoms with E-state index in [0.29, 0.717) is 5.57 Å². The highest BCUT2D eigenvalue weighted by Crippen LogP contribution is 2.35. The Morgan fingerprint density at radius 1 is 1.32 bits per heavy atom. The fraction of sp³-hybridized carbons (Fsp3) is 0.353. The summed E-state index contributed by atoms with van der Waals surface area (Å²) in [6.07, 6.45) is 0.128. The number of esters is 1. The number of methoxy groups -OCH3 is 1. The molecule has 1 fully saturated rings. The molecule has 2 amide bonds. The van der Waals surface area contributed by atoms with Crippen molar-refractivity contribution in [3.63, 3.8) is 0 Å². The smallest absolute Gasteiger partial charge is 0.354 e. The molecule has 7 nitrogen and oxygen atoms in total. The van der Waals surface area contributed by atoms with Crippen molar-refractivity contribution in [2.45, 2.75) is 24.8 Å². The second-order valence-corrected chi connectivity index (χ2v) is 7.49. The van der Waals surface area contributed by atoms with E-state index in [0.717, 1.165) is 5.56 Å². The number of carbonyl (C=O) groups excluding carboxylic acids is 3. The quantitative estimate of drug-likeness (QED) is 0.605. The first-order valence-corrected chi connectivity index (χ1v) is 9.14. The first-order chi connectivity index (χ1) is 11.9. The van der Waals surface area contributed by atoms with E-state index in [-0.39, 0.29) is 23.8 Å². The van der Waals surface area contributed by atoms with Crippen LogP contribution in [0.5, 0.6) is 0 Å². The summed E-state index contributed by atoms with van der Waals surface area (Å²) in [5.41, 5.74) is 1.49. The lowest BCUT2D eigenvalue weighted by atomic mass is 10.0. The molecule has 2 aliphatic rings. The zero-order valence-corrected chi connectivity index (χ0v) is 14.7. The molecule has 0 bridgehead atoms. The van der Waals surface area contributed by atoms with Gasteiger partial charge in [-0.05, 0) is 18.1 Å². The molecule has 132 valence electrons. The van der Waals surface area contributed by atoms with E-state index in [1.165, 1.54) is 12.0 Å². The van der Waals surface area contributed by atoms with Crippen LogP contribution in [0.3, 0.4) is 0 Å². The molecule has 2 aliphatic heterocycles. The summed E-state index contributed by atoms with van der Waals surface area (Å²) in [6, 6.07) is 8.24. The van der Waals surface area contributed by atoms with Gasteiger partial charge in [-0.3, -0.25) is 18.7 Å². The van der Waals surface area contributed by atoms with Crippen LogP contribution < -0.4 is 5.32 Å². The molecule has 1 N–H and O–H groups in total. The highest BCUT2D eigenvalue weighted by Gasteiger charge is 2.56. The van der Waals surface area contributed by atoms with Crippen LogP contribution in [-0.2, 0) is 36.3 Å². The molecule has 25 heavy (non-hydrogen) atoms. The van der Waals surface area contributed by atoms with E-state index in [4.69, 9.17) is 4.74 Å². The van der Waals surface area contributed by atoms with Crippen molar-refractivity contribution in [1.29, 1.82) is 0 Å². The molecule has 0 aliphatic carbocycles. The Balaban J connectivity index is 1.74. The third-order valence-electron chi connectivity index (χ3n) is 4.22. The summed E-state index contributed by atoms with van der Waals surface area (Å²) in [7, 11) is -0.158. The molecule has 1 aromatic carbocycles. The SMILES string of the molecule is COC(=O)C1=C(C)CS(=O)[C@@H]2C(NC(=O)Cc3ccccc3)C(=O)N12. The molecule has 2 heterocycles. The van der Waals surface area contributed by atoms with Crippen molar-refractivity contribution < 1.29 is 23.3 Å². The lowest BCUT2D eigenvalue weighted by Gasteiger charge is -2.49. The highest BCUT2D eigenvalue weighted by atomic mass is 32.2. The van der Waals surface area contributed by atoms with E-state index in [9.17, 15) is 18.6 Å². The van der Waals surface area contributed by atoms with Crippen molar-refractivity contribution in [2.24, 2.45) is 0 Å². The van der Waals surface area contributed by atoms with E-state index in [2.05, 4.69) is 5.32 Å². The first kappa shape index (κ1) is 17.3. The molecule has 0 radical (unpaired) electrons. The van der Waals surface area contributed by atoms with Gasteiger partial charge in [0.05, 0.1) is 24.3 Å². The Labute approximate surface area is 147 Å². The average molecular weight is 362 g/mol. The number of amides is 2. The molecule has 0 aromatic heterocycles. The van der Waals surface area contributed by atoms with Crippen LogP contribution in [0.2, 0.25) is 0 Å². The summed E-state index contributed by atoms with van der Waals surface area (Å²) in [5, 5.41) is 1.91. The van der Waals surface area contributed by atoms with Crippen molar-refractivity contribution in [1.82, 2.24) is 10.2 Å². The topological polar surface area (TPSA) is 92.8 Å². The van der Waals surface area contributed by atoms with Gasteiger partial charge in [-0.25, -0.2) is 4.79 Å². The van der Waals surface area contributed by atoms with Gasteiger partial charge in [-0.1, -0.05) is 30.3 Å². The number of carbonyl (C=O) groups is 3. The van der Waals surface area contributed by atoms with Crippen LogP contribution in [0.4, 0.5) is 0 Å².